The molecule has 2 heterocycles. The van der Waals surface area contributed by atoms with Crippen molar-refractivity contribution in [3.8, 4) is 0 Å². The zero-order valence-electron chi connectivity index (χ0n) is 9.43. The lowest BCUT2D eigenvalue weighted by Crippen LogP contribution is -2.41. The van der Waals surface area contributed by atoms with Crippen LogP contribution in [-0.4, -0.2) is 37.5 Å². The lowest BCUT2D eigenvalue weighted by atomic mass is 10.0. The highest BCUT2D eigenvalue weighted by Gasteiger charge is 2.22. The maximum absolute atomic E-state index is 11.7. The Labute approximate surface area is 94.7 Å². The number of rotatable bonds is 3. The van der Waals surface area contributed by atoms with Crippen molar-refractivity contribution in [2.75, 3.05) is 19.6 Å². The second-order valence-electron chi connectivity index (χ2n) is 4.35. The van der Waals surface area contributed by atoms with Crippen LogP contribution in [0.5, 0.6) is 0 Å². The first-order valence-electron chi connectivity index (χ1n) is 5.63. The molecule has 2 aliphatic heterocycles. The van der Waals surface area contributed by atoms with Crippen molar-refractivity contribution in [1.82, 2.24) is 16.0 Å². The first-order chi connectivity index (χ1) is 7.66. The van der Waals surface area contributed by atoms with Crippen LogP contribution < -0.4 is 16.0 Å². The predicted octanol–water partition coefficient (Wildman–Crippen LogP) is -0.699. The number of hydrogen-bond acceptors (Lipinski definition) is 3. The van der Waals surface area contributed by atoms with Gasteiger partial charge in [-0.25, -0.2) is 0 Å². The van der Waals surface area contributed by atoms with Crippen molar-refractivity contribution in [2.45, 2.75) is 25.8 Å². The molecule has 2 rings (SSSR count). The summed E-state index contributed by atoms with van der Waals surface area (Å²) in [6.45, 7) is 4.01. The molecule has 0 bridgehead atoms. The Morgan fingerprint density at radius 1 is 1.50 bits per heavy atom. The van der Waals surface area contributed by atoms with E-state index in [1.807, 2.05) is 6.92 Å². The summed E-state index contributed by atoms with van der Waals surface area (Å²) >= 11 is 0. The van der Waals surface area contributed by atoms with Crippen LogP contribution in [0.4, 0.5) is 0 Å². The standard InChI is InChI=1S/C11H17N3O2/c1-7(8-4-12-5-8)11(16)13-6-9-2-3-10(15)14-9/h9,12H,2-6H2,1H3,(H,13,16)(H,14,15). The summed E-state index contributed by atoms with van der Waals surface area (Å²) in [7, 11) is 0. The van der Waals surface area contributed by atoms with Gasteiger partial charge in [-0.3, -0.25) is 9.59 Å². The quantitative estimate of drug-likeness (QED) is 0.554. The van der Waals surface area contributed by atoms with Crippen LogP contribution in [0, 0.1) is 0 Å². The van der Waals surface area contributed by atoms with Crippen LogP contribution in [0.2, 0.25) is 0 Å². The molecule has 0 aromatic heterocycles. The molecule has 0 aromatic rings. The Morgan fingerprint density at radius 3 is 2.75 bits per heavy atom. The number of hydrogen-bond donors (Lipinski definition) is 3. The van der Waals surface area contributed by atoms with E-state index in [0.29, 0.717) is 13.0 Å². The molecule has 5 nitrogen and oxygen atoms in total. The van der Waals surface area contributed by atoms with E-state index in [1.165, 1.54) is 5.57 Å². The van der Waals surface area contributed by atoms with E-state index in [-0.39, 0.29) is 17.9 Å². The van der Waals surface area contributed by atoms with Crippen LogP contribution in [-0.2, 0) is 9.59 Å². The molecule has 2 saturated heterocycles. The number of carbonyl (C=O) groups is 2. The van der Waals surface area contributed by atoms with Crippen LogP contribution in [0.3, 0.4) is 0 Å². The molecule has 5 heteroatoms. The summed E-state index contributed by atoms with van der Waals surface area (Å²) in [6.07, 6.45) is 1.39. The minimum Gasteiger partial charge on any atom is -0.352 e. The van der Waals surface area contributed by atoms with Crippen LogP contribution >= 0.6 is 0 Å². The lowest BCUT2D eigenvalue weighted by Gasteiger charge is -2.21. The predicted molar refractivity (Wildman–Crippen MR) is 59.7 cm³/mol. The van der Waals surface area contributed by atoms with E-state index in [1.54, 1.807) is 0 Å². The molecule has 2 amide bonds. The van der Waals surface area contributed by atoms with Gasteiger partial charge >= 0.3 is 0 Å². The molecule has 3 N–H and O–H groups in total. The van der Waals surface area contributed by atoms with Gasteiger partial charge in [-0.2, -0.15) is 0 Å². The largest absolute Gasteiger partial charge is 0.352 e. The van der Waals surface area contributed by atoms with E-state index in [2.05, 4.69) is 16.0 Å². The molecular weight excluding hydrogens is 206 g/mol. The Bertz CT molecular complexity index is 343. The van der Waals surface area contributed by atoms with Gasteiger partial charge in [-0.05, 0) is 18.9 Å². The number of nitrogens with one attached hydrogen (secondary N) is 3. The molecule has 0 aliphatic carbocycles. The zero-order chi connectivity index (χ0) is 11.5. The average Bonchev–Trinajstić information content (AvgIpc) is 2.58. The maximum atomic E-state index is 11.7. The van der Waals surface area contributed by atoms with Crippen LogP contribution in [0.15, 0.2) is 11.1 Å². The van der Waals surface area contributed by atoms with Gasteiger partial charge < -0.3 is 16.0 Å². The van der Waals surface area contributed by atoms with Crippen molar-refractivity contribution < 1.29 is 9.59 Å². The normalized spacial score (nSPS) is 23.7. The van der Waals surface area contributed by atoms with Gasteiger partial charge in [0.25, 0.3) is 0 Å². The second-order valence-corrected chi connectivity index (χ2v) is 4.35. The average molecular weight is 223 g/mol. The third kappa shape index (κ3) is 2.41. The Balaban J connectivity index is 1.77. The van der Waals surface area contributed by atoms with Crippen molar-refractivity contribution in [3.63, 3.8) is 0 Å². The van der Waals surface area contributed by atoms with Crippen LogP contribution in [0.1, 0.15) is 19.8 Å². The molecule has 1 atom stereocenters. The fourth-order valence-corrected chi connectivity index (χ4v) is 1.85. The van der Waals surface area contributed by atoms with Gasteiger partial charge in [0.1, 0.15) is 0 Å². The molecule has 16 heavy (non-hydrogen) atoms. The minimum atomic E-state index is -0.0161. The first-order valence-corrected chi connectivity index (χ1v) is 5.63. The molecule has 0 aromatic carbocycles. The molecular formula is C11H17N3O2. The van der Waals surface area contributed by atoms with Gasteiger partial charge in [-0.15, -0.1) is 0 Å². The molecule has 0 spiro atoms. The Kier molecular flexibility index (Phi) is 3.24. The van der Waals surface area contributed by atoms with E-state index in [4.69, 9.17) is 0 Å². The summed E-state index contributed by atoms with van der Waals surface area (Å²) < 4.78 is 0. The van der Waals surface area contributed by atoms with E-state index >= 15 is 0 Å². The first kappa shape index (κ1) is 11.1. The van der Waals surface area contributed by atoms with E-state index in [0.717, 1.165) is 25.1 Å². The van der Waals surface area contributed by atoms with Crippen LogP contribution in [0.25, 0.3) is 0 Å². The summed E-state index contributed by atoms with van der Waals surface area (Å²) in [6, 6.07) is 0.105. The minimum absolute atomic E-state index is 0.0161. The highest BCUT2D eigenvalue weighted by molar-refractivity contribution is 5.94. The Hall–Kier alpha value is -1.36. The van der Waals surface area contributed by atoms with Crippen molar-refractivity contribution in [3.05, 3.63) is 11.1 Å². The van der Waals surface area contributed by atoms with Gasteiger partial charge in [0.05, 0.1) is 0 Å². The summed E-state index contributed by atoms with van der Waals surface area (Å²) in [5.74, 6) is 0.0650. The number of carbonyl (C=O) groups excluding carboxylic acids is 2. The number of amides is 2. The summed E-state index contributed by atoms with van der Waals surface area (Å²) in [5, 5.41) is 8.78. The van der Waals surface area contributed by atoms with Gasteiger partial charge in [0, 0.05) is 37.7 Å². The third-order valence-corrected chi connectivity index (χ3v) is 3.14. The molecule has 88 valence electrons. The molecule has 0 radical (unpaired) electrons. The smallest absolute Gasteiger partial charge is 0.247 e. The fourth-order valence-electron chi connectivity index (χ4n) is 1.85. The molecule has 2 fully saturated rings. The summed E-state index contributed by atoms with van der Waals surface area (Å²) in [5.41, 5.74) is 1.98. The summed E-state index contributed by atoms with van der Waals surface area (Å²) in [4.78, 5) is 22.7. The van der Waals surface area contributed by atoms with Crippen molar-refractivity contribution in [2.24, 2.45) is 0 Å². The SMILES string of the molecule is CC(C(=O)NCC1CCC(=O)N1)=C1CNC1. The third-order valence-electron chi connectivity index (χ3n) is 3.14. The van der Waals surface area contributed by atoms with Crippen molar-refractivity contribution >= 4 is 11.8 Å². The highest BCUT2D eigenvalue weighted by atomic mass is 16.2. The fraction of sp³-hybridized carbons (Fsp3) is 0.636. The van der Waals surface area contributed by atoms with E-state index < -0.39 is 0 Å². The van der Waals surface area contributed by atoms with Crippen molar-refractivity contribution in [1.29, 1.82) is 0 Å². The maximum Gasteiger partial charge on any atom is 0.247 e. The molecule has 2 aliphatic rings. The zero-order valence-corrected chi connectivity index (χ0v) is 9.43. The second kappa shape index (κ2) is 4.65. The van der Waals surface area contributed by atoms with Gasteiger partial charge in [0.2, 0.25) is 11.8 Å². The Morgan fingerprint density at radius 2 is 2.25 bits per heavy atom. The van der Waals surface area contributed by atoms with Gasteiger partial charge in [0.15, 0.2) is 0 Å². The molecule has 1 unspecified atom stereocenters. The highest BCUT2D eigenvalue weighted by Crippen LogP contribution is 2.09. The lowest BCUT2D eigenvalue weighted by molar-refractivity contribution is -0.120. The van der Waals surface area contributed by atoms with Gasteiger partial charge in [-0.1, -0.05) is 0 Å². The topological polar surface area (TPSA) is 70.2 Å². The molecule has 0 saturated carbocycles. The van der Waals surface area contributed by atoms with E-state index in [9.17, 15) is 9.59 Å². The monoisotopic (exact) mass is 223 g/mol.